The van der Waals surface area contributed by atoms with Gasteiger partial charge in [0.05, 0.1) is 23.7 Å². The lowest BCUT2D eigenvalue weighted by Gasteiger charge is -2.19. The van der Waals surface area contributed by atoms with E-state index in [0.29, 0.717) is 0 Å². The largest absolute Gasteiger partial charge is 0.490 e. The number of nitrogens with zero attached hydrogens (tertiary/aromatic N) is 2. The molecule has 0 radical (unpaired) electrons. The predicted octanol–water partition coefficient (Wildman–Crippen LogP) is 4.45. The highest BCUT2D eigenvalue weighted by Crippen LogP contribution is 2.25. The molecule has 0 spiro atoms. The molecular formula is C23H20F8N4O6. The highest BCUT2D eigenvalue weighted by atomic mass is 19.4. The zero-order valence-corrected chi connectivity index (χ0v) is 20.6. The number of halogens is 8. The van der Waals surface area contributed by atoms with Crippen molar-refractivity contribution in [1.82, 2.24) is 20.0 Å². The van der Waals surface area contributed by atoms with Gasteiger partial charge in [-0.3, -0.25) is 9.20 Å². The first-order chi connectivity index (χ1) is 18.9. The number of carboxylic acid groups (broad SMARTS) is 2. The smallest absolute Gasteiger partial charge is 0.485 e. The number of fused-ring (bicyclic) bond motifs is 1. The van der Waals surface area contributed by atoms with Crippen LogP contribution in [0.5, 0.6) is 5.75 Å². The first-order valence-corrected chi connectivity index (χ1v) is 11.1. The average molecular weight is 600 g/mol. The fourth-order valence-corrected chi connectivity index (χ4v) is 3.29. The number of aliphatic carboxylic acids is 1. The highest BCUT2D eigenvalue weighted by Gasteiger charge is 2.38. The minimum Gasteiger partial charge on any atom is -0.485 e. The van der Waals surface area contributed by atoms with E-state index in [1.807, 2.05) is 0 Å². The van der Waals surface area contributed by atoms with E-state index in [-0.39, 0.29) is 28.3 Å². The third kappa shape index (κ3) is 9.50. The standard InChI is InChI=1S/C21H19F5N4O4.C2HF3O2/c1-11-17(19(31)27-9-12(29-20(32)33)8-21(24,25)26)30-7-3-6-16(18(30)28-11)34-10-13-14(22)4-2-5-15(13)23;3-2(4,5)1(6)7/h2-7,12,29H,8-10H2,1H3,(H,27,31)(H,32,33);(H,6,7). The fourth-order valence-electron chi connectivity index (χ4n) is 3.29. The number of hydrogen-bond donors (Lipinski definition) is 4. The second kappa shape index (κ2) is 13.1. The number of carbonyl (C=O) groups is 3. The summed E-state index contributed by atoms with van der Waals surface area (Å²) in [6.45, 7) is 0.399. The van der Waals surface area contributed by atoms with Crippen molar-refractivity contribution >= 4 is 23.6 Å². The summed E-state index contributed by atoms with van der Waals surface area (Å²) in [5, 5.41) is 19.9. The van der Waals surface area contributed by atoms with E-state index in [0.717, 1.165) is 12.1 Å². The van der Waals surface area contributed by atoms with Crippen LogP contribution in [0.3, 0.4) is 0 Å². The van der Waals surface area contributed by atoms with Crippen molar-refractivity contribution in [2.45, 2.75) is 38.3 Å². The van der Waals surface area contributed by atoms with Crippen LogP contribution in [0.1, 0.15) is 28.2 Å². The Morgan fingerprint density at radius 1 is 1.02 bits per heavy atom. The number of rotatable bonds is 8. The van der Waals surface area contributed by atoms with Gasteiger partial charge < -0.3 is 25.6 Å². The first kappa shape index (κ1) is 32.6. The lowest BCUT2D eigenvalue weighted by Crippen LogP contribution is -2.45. The van der Waals surface area contributed by atoms with Crippen LogP contribution in [0.2, 0.25) is 0 Å². The Morgan fingerprint density at radius 3 is 2.12 bits per heavy atom. The second-order valence-corrected chi connectivity index (χ2v) is 8.08. The Kier molecular flexibility index (Phi) is 10.4. The Bertz CT molecular complexity index is 1390. The number of alkyl halides is 6. The third-order valence-electron chi connectivity index (χ3n) is 4.99. The Hall–Kier alpha value is -4.64. The van der Waals surface area contributed by atoms with E-state index in [1.165, 1.54) is 35.7 Å². The van der Waals surface area contributed by atoms with E-state index in [4.69, 9.17) is 19.7 Å². The van der Waals surface area contributed by atoms with Gasteiger partial charge in [0.25, 0.3) is 5.91 Å². The Labute approximate surface area is 224 Å². The van der Waals surface area contributed by atoms with Gasteiger partial charge in [0.15, 0.2) is 11.4 Å². The van der Waals surface area contributed by atoms with Crippen molar-refractivity contribution in [3.05, 3.63) is 65.1 Å². The van der Waals surface area contributed by atoms with Crippen LogP contribution in [0.15, 0.2) is 36.5 Å². The van der Waals surface area contributed by atoms with Crippen molar-refractivity contribution in [2.24, 2.45) is 0 Å². The minimum absolute atomic E-state index is 0.0291. The molecule has 1 atom stereocenters. The van der Waals surface area contributed by atoms with Crippen molar-refractivity contribution in [1.29, 1.82) is 0 Å². The number of amides is 2. The van der Waals surface area contributed by atoms with E-state index in [2.05, 4.69) is 10.3 Å². The summed E-state index contributed by atoms with van der Waals surface area (Å²) < 4.78 is 104. The summed E-state index contributed by atoms with van der Waals surface area (Å²) in [5.74, 6) is -5.05. The molecule has 3 aromatic rings. The molecule has 0 aliphatic carbocycles. The molecule has 2 aromatic heterocycles. The van der Waals surface area contributed by atoms with Gasteiger partial charge in [0.2, 0.25) is 0 Å². The van der Waals surface area contributed by atoms with Crippen LogP contribution in [0.25, 0.3) is 5.65 Å². The van der Waals surface area contributed by atoms with Gasteiger partial charge in [0.1, 0.15) is 23.9 Å². The average Bonchev–Trinajstić information content (AvgIpc) is 3.17. The van der Waals surface area contributed by atoms with Gasteiger partial charge in [0, 0.05) is 12.7 Å². The van der Waals surface area contributed by atoms with E-state index >= 15 is 0 Å². The van der Waals surface area contributed by atoms with Crippen LogP contribution in [0, 0.1) is 18.6 Å². The monoisotopic (exact) mass is 600 g/mol. The molecule has 224 valence electrons. The van der Waals surface area contributed by atoms with Crippen LogP contribution in [-0.2, 0) is 11.4 Å². The number of nitrogens with one attached hydrogen (secondary N) is 2. The molecule has 0 bridgehead atoms. The zero-order chi connectivity index (χ0) is 31.1. The lowest BCUT2D eigenvalue weighted by molar-refractivity contribution is -0.192. The molecule has 3 rings (SSSR count). The van der Waals surface area contributed by atoms with Gasteiger partial charge in [-0.2, -0.15) is 26.3 Å². The fraction of sp³-hybridized carbons (Fsp3) is 0.304. The topological polar surface area (TPSA) is 142 Å². The number of benzene rings is 1. The normalized spacial score (nSPS) is 12.2. The number of imidazole rings is 1. The maximum atomic E-state index is 13.9. The molecule has 0 aliphatic rings. The van der Waals surface area contributed by atoms with Gasteiger partial charge in [-0.05, 0) is 31.2 Å². The number of hydrogen-bond acceptors (Lipinski definition) is 5. The van der Waals surface area contributed by atoms with Crippen molar-refractivity contribution in [3.63, 3.8) is 0 Å². The molecule has 41 heavy (non-hydrogen) atoms. The second-order valence-electron chi connectivity index (χ2n) is 8.08. The summed E-state index contributed by atoms with van der Waals surface area (Å²) >= 11 is 0. The molecule has 2 amide bonds. The van der Waals surface area contributed by atoms with Crippen molar-refractivity contribution < 1.29 is 64.5 Å². The number of pyridine rings is 1. The van der Waals surface area contributed by atoms with Crippen LogP contribution >= 0.6 is 0 Å². The molecule has 10 nitrogen and oxygen atoms in total. The van der Waals surface area contributed by atoms with Crippen LogP contribution < -0.4 is 15.4 Å². The van der Waals surface area contributed by atoms with Gasteiger partial charge in [-0.1, -0.05) is 6.07 Å². The summed E-state index contributed by atoms with van der Waals surface area (Å²) in [6, 6.07) is 4.72. The molecule has 0 saturated heterocycles. The summed E-state index contributed by atoms with van der Waals surface area (Å²) in [4.78, 5) is 36.6. The number of carbonyl (C=O) groups excluding carboxylic acids is 1. The van der Waals surface area contributed by atoms with Gasteiger partial charge in [-0.15, -0.1) is 0 Å². The summed E-state index contributed by atoms with van der Waals surface area (Å²) in [6.07, 6.45) is -11.4. The number of aryl methyl sites for hydroxylation is 1. The van der Waals surface area contributed by atoms with Crippen molar-refractivity contribution in [3.8, 4) is 5.75 Å². The van der Waals surface area contributed by atoms with Gasteiger partial charge >= 0.3 is 24.4 Å². The Balaban J connectivity index is 0.000000745. The zero-order valence-electron chi connectivity index (χ0n) is 20.6. The maximum Gasteiger partial charge on any atom is 0.490 e. The third-order valence-corrected chi connectivity index (χ3v) is 4.99. The minimum atomic E-state index is -5.08. The molecule has 0 aliphatic heterocycles. The molecule has 4 N–H and O–H groups in total. The SMILES string of the molecule is Cc1nc2c(OCc3c(F)cccc3F)cccn2c1C(=O)NCC(CC(F)(F)F)NC(=O)O.O=C(O)C(F)(F)F. The predicted molar refractivity (Wildman–Crippen MR) is 122 cm³/mol. The molecule has 1 unspecified atom stereocenters. The first-order valence-electron chi connectivity index (χ1n) is 11.1. The molecule has 2 heterocycles. The Morgan fingerprint density at radius 2 is 1.61 bits per heavy atom. The summed E-state index contributed by atoms with van der Waals surface area (Å²) in [5.41, 5.74) is 0.00702. The van der Waals surface area contributed by atoms with E-state index in [9.17, 15) is 44.7 Å². The van der Waals surface area contributed by atoms with Crippen molar-refractivity contribution in [2.75, 3.05) is 6.54 Å². The molecule has 0 fully saturated rings. The number of aromatic nitrogens is 2. The van der Waals surface area contributed by atoms with E-state index < -0.39 is 67.6 Å². The number of carboxylic acids is 1. The number of ether oxygens (including phenoxy) is 1. The molecule has 18 heteroatoms. The van der Waals surface area contributed by atoms with E-state index in [1.54, 1.807) is 5.32 Å². The lowest BCUT2D eigenvalue weighted by atomic mass is 10.2. The van der Waals surface area contributed by atoms with Gasteiger partial charge in [-0.25, -0.2) is 23.4 Å². The van der Waals surface area contributed by atoms with Crippen LogP contribution in [-0.4, -0.2) is 62.5 Å². The summed E-state index contributed by atoms with van der Waals surface area (Å²) in [7, 11) is 0. The molecule has 0 saturated carbocycles. The molecular weight excluding hydrogens is 580 g/mol. The van der Waals surface area contributed by atoms with Crippen LogP contribution in [0.4, 0.5) is 39.9 Å². The molecule has 1 aromatic carbocycles. The quantitative estimate of drug-likeness (QED) is 0.280. The maximum absolute atomic E-state index is 13.9. The highest BCUT2D eigenvalue weighted by molar-refractivity contribution is 5.95.